The molecule has 0 unspecified atom stereocenters. The Balaban J connectivity index is 2.38. The van der Waals surface area contributed by atoms with Gasteiger partial charge in [0.15, 0.2) is 0 Å². The number of aromatic nitrogens is 1. The SMILES string of the molecule is COc1ccc2c3ccccc3n(CN(C)C)c2c1. The topological polar surface area (TPSA) is 17.4 Å². The number of methoxy groups -OCH3 is 1. The molecule has 3 nitrogen and oxygen atoms in total. The molecule has 0 bridgehead atoms. The van der Waals surface area contributed by atoms with E-state index in [4.69, 9.17) is 4.74 Å². The zero-order valence-corrected chi connectivity index (χ0v) is 11.6. The van der Waals surface area contributed by atoms with Gasteiger partial charge in [0.25, 0.3) is 0 Å². The Kier molecular flexibility index (Phi) is 2.91. The van der Waals surface area contributed by atoms with Crippen molar-refractivity contribution in [3.05, 3.63) is 42.5 Å². The maximum atomic E-state index is 5.35. The largest absolute Gasteiger partial charge is 0.497 e. The average molecular weight is 254 g/mol. The molecule has 1 heterocycles. The molecule has 0 amide bonds. The molecule has 0 fully saturated rings. The van der Waals surface area contributed by atoms with Gasteiger partial charge in [0.05, 0.1) is 24.8 Å². The molecule has 0 radical (unpaired) electrons. The molecule has 0 aliphatic heterocycles. The van der Waals surface area contributed by atoms with Gasteiger partial charge in [-0.1, -0.05) is 18.2 Å². The molecule has 0 aliphatic carbocycles. The molecule has 0 spiro atoms. The number of hydrogen-bond acceptors (Lipinski definition) is 2. The van der Waals surface area contributed by atoms with Gasteiger partial charge in [-0.2, -0.15) is 0 Å². The van der Waals surface area contributed by atoms with Gasteiger partial charge in [0.2, 0.25) is 0 Å². The maximum Gasteiger partial charge on any atom is 0.120 e. The quantitative estimate of drug-likeness (QED) is 0.713. The van der Waals surface area contributed by atoms with Crippen LogP contribution < -0.4 is 4.74 Å². The van der Waals surface area contributed by atoms with Crippen LogP contribution in [-0.2, 0) is 6.67 Å². The Hall–Kier alpha value is -2.00. The molecule has 3 aromatic rings. The smallest absolute Gasteiger partial charge is 0.120 e. The third-order valence-corrected chi connectivity index (χ3v) is 3.40. The molecule has 2 aromatic carbocycles. The van der Waals surface area contributed by atoms with Crippen molar-refractivity contribution < 1.29 is 4.74 Å². The van der Waals surface area contributed by atoms with Crippen LogP contribution in [0.15, 0.2) is 42.5 Å². The van der Waals surface area contributed by atoms with Gasteiger partial charge < -0.3 is 9.30 Å². The third kappa shape index (κ3) is 1.96. The van der Waals surface area contributed by atoms with E-state index >= 15 is 0 Å². The van der Waals surface area contributed by atoms with Gasteiger partial charge in [-0.25, -0.2) is 0 Å². The summed E-state index contributed by atoms with van der Waals surface area (Å²) in [6, 6.07) is 14.8. The van der Waals surface area contributed by atoms with Crippen molar-refractivity contribution in [1.29, 1.82) is 0 Å². The van der Waals surface area contributed by atoms with E-state index in [9.17, 15) is 0 Å². The molecule has 0 aliphatic rings. The number of ether oxygens (including phenoxy) is 1. The highest BCUT2D eigenvalue weighted by atomic mass is 16.5. The van der Waals surface area contributed by atoms with E-state index < -0.39 is 0 Å². The van der Waals surface area contributed by atoms with Crippen LogP contribution in [0.1, 0.15) is 0 Å². The van der Waals surface area contributed by atoms with Crippen LogP contribution in [0, 0.1) is 0 Å². The van der Waals surface area contributed by atoms with E-state index in [1.54, 1.807) is 7.11 Å². The standard InChI is InChI=1S/C16H18N2O/c1-17(2)11-18-15-7-5-4-6-13(15)14-9-8-12(19-3)10-16(14)18/h4-10H,11H2,1-3H3. The van der Waals surface area contributed by atoms with Crippen molar-refractivity contribution in [3.63, 3.8) is 0 Å². The zero-order valence-electron chi connectivity index (χ0n) is 11.6. The summed E-state index contributed by atoms with van der Waals surface area (Å²) in [5.74, 6) is 0.898. The van der Waals surface area contributed by atoms with Crippen LogP contribution in [0.2, 0.25) is 0 Å². The van der Waals surface area contributed by atoms with Gasteiger partial charge in [0.1, 0.15) is 5.75 Å². The zero-order chi connectivity index (χ0) is 13.4. The lowest BCUT2D eigenvalue weighted by molar-refractivity contribution is 0.338. The summed E-state index contributed by atoms with van der Waals surface area (Å²) in [5, 5.41) is 2.57. The first-order valence-electron chi connectivity index (χ1n) is 6.40. The molecule has 3 heteroatoms. The van der Waals surface area contributed by atoms with Gasteiger partial charge in [0, 0.05) is 16.8 Å². The molecule has 0 saturated carbocycles. The molecule has 0 saturated heterocycles. The van der Waals surface area contributed by atoms with Crippen molar-refractivity contribution in [2.45, 2.75) is 6.67 Å². The number of hydrogen-bond donors (Lipinski definition) is 0. The fraction of sp³-hybridized carbons (Fsp3) is 0.250. The molecular weight excluding hydrogens is 236 g/mol. The first kappa shape index (κ1) is 12.1. The maximum absolute atomic E-state index is 5.35. The van der Waals surface area contributed by atoms with Gasteiger partial charge >= 0.3 is 0 Å². The first-order chi connectivity index (χ1) is 9.20. The number of nitrogens with zero attached hydrogens (tertiary/aromatic N) is 2. The summed E-state index contributed by atoms with van der Waals surface area (Å²) < 4.78 is 7.68. The predicted octanol–water partition coefficient (Wildman–Crippen LogP) is 3.32. The van der Waals surface area contributed by atoms with Gasteiger partial charge in [-0.3, -0.25) is 4.90 Å². The summed E-state index contributed by atoms with van der Waals surface area (Å²) in [6.45, 7) is 0.858. The van der Waals surface area contributed by atoms with Crippen molar-refractivity contribution >= 4 is 21.8 Å². The molecular formula is C16H18N2O. The number of fused-ring (bicyclic) bond motifs is 3. The molecule has 98 valence electrons. The van der Waals surface area contributed by atoms with E-state index in [1.165, 1.54) is 21.8 Å². The third-order valence-electron chi connectivity index (χ3n) is 3.40. The van der Waals surface area contributed by atoms with E-state index in [2.05, 4.69) is 60.0 Å². The van der Waals surface area contributed by atoms with Crippen LogP contribution in [0.4, 0.5) is 0 Å². The minimum atomic E-state index is 0.858. The Morgan fingerprint density at radius 1 is 1.00 bits per heavy atom. The molecule has 19 heavy (non-hydrogen) atoms. The van der Waals surface area contributed by atoms with E-state index in [-0.39, 0.29) is 0 Å². The molecule has 0 atom stereocenters. The van der Waals surface area contributed by atoms with E-state index in [0.717, 1.165) is 12.4 Å². The van der Waals surface area contributed by atoms with Crippen molar-refractivity contribution in [2.24, 2.45) is 0 Å². The summed E-state index contributed by atoms with van der Waals surface area (Å²) in [6.07, 6.45) is 0. The highest BCUT2D eigenvalue weighted by Crippen LogP contribution is 2.31. The summed E-state index contributed by atoms with van der Waals surface area (Å²) in [5.41, 5.74) is 2.48. The minimum absolute atomic E-state index is 0.858. The van der Waals surface area contributed by atoms with Crippen molar-refractivity contribution in [3.8, 4) is 5.75 Å². The van der Waals surface area contributed by atoms with Crippen molar-refractivity contribution in [2.75, 3.05) is 21.2 Å². The molecule has 3 rings (SSSR count). The van der Waals surface area contributed by atoms with E-state index in [0.29, 0.717) is 0 Å². The lowest BCUT2D eigenvalue weighted by Crippen LogP contribution is -2.16. The van der Waals surface area contributed by atoms with Crippen molar-refractivity contribution in [1.82, 2.24) is 9.47 Å². The fourth-order valence-electron chi connectivity index (χ4n) is 2.59. The lowest BCUT2D eigenvalue weighted by Gasteiger charge is -2.13. The Labute approximate surface area is 113 Å². The van der Waals surface area contributed by atoms with Crippen LogP contribution in [0.5, 0.6) is 5.75 Å². The minimum Gasteiger partial charge on any atom is -0.497 e. The second-order valence-electron chi connectivity index (χ2n) is 5.05. The molecule has 1 aromatic heterocycles. The number of rotatable bonds is 3. The van der Waals surface area contributed by atoms with Gasteiger partial charge in [-0.05, 0) is 32.3 Å². The van der Waals surface area contributed by atoms with E-state index in [1.807, 2.05) is 6.07 Å². The first-order valence-corrected chi connectivity index (χ1v) is 6.40. The molecule has 0 N–H and O–H groups in total. The predicted molar refractivity (Wildman–Crippen MR) is 79.7 cm³/mol. The van der Waals surface area contributed by atoms with Crippen LogP contribution in [-0.4, -0.2) is 30.7 Å². The highest BCUT2D eigenvalue weighted by molar-refractivity contribution is 6.08. The summed E-state index contributed by atoms with van der Waals surface area (Å²) in [7, 11) is 5.88. The Bertz CT molecular complexity index is 728. The number of benzene rings is 2. The van der Waals surface area contributed by atoms with Crippen LogP contribution >= 0.6 is 0 Å². The summed E-state index contributed by atoms with van der Waals surface area (Å²) in [4.78, 5) is 2.17. The Morgan fingerprint density at radius 3 is 2.47 bits per heavy atom. The van der Waals surface area contributed by atoms with Crippen LogP contribution in [0.25, 0.3) is 21.8 Å². The second kappa shape index (κ2) is 4.59. The fourth-order valence-corrected chi connectivity index (χ4v) is 2.59. The number of para-hydroxylation sites is 1. The monoisotopic (exact) mass is 254 g/mol. The second-order valence-corrected chi connectivity index (χ2v) is 5.05. The summed E-state index contributed by atoms with van der Waals surface area (Å²) >= 11 is 0. The lowest BCUT2D eigenvalue weighted by atomic mass is 10.1. The highest BCUT2D eigenvalue weighted by Gasteiger charge is 2.11. The normalized spacial score (nSPS) is 11.6. The average Bonchev–Trinajstić information content (AvgIpc) is 2.72. The van der Waals surface area contributed by atoms with Gasteiger partial charge in [-0.15, -0.1) is 0 Å². The Morgan fingerprint density at radius 2 is 1.74 bits per heavy atom. The van der Waals surface area contributed by atoms with Crippen LogP contribution in [0.3, 0.4) is 0 Å².